The molecule has 0 saturated carbocycles. The quantitative estimate of drug-likeness (QED) is 0.231. The Balaban J connectivity index is 1.97. The first-order valence-electron chi connectivity index (χ1n) is 8.93. The summed E-state index contributed by atoms with van der Waals surface area (Å²) in [7, 11) is -2.37. The number of hydrogen-bond donors (Lipinski definition) is 0. The summed E-state index contributed by atoms with van der Waals surface area (Å²) < 4.78 is 70.7. The molecule has 0 saturated heterocycles. The minimum absolute atomic E-state index is 0.165. The Morgan fingerprint density at radius 2 is 1.46 bits per heavy atom. The lowest BCUT2D eigenvalue weighted by molar-refractivity contribution is 0.376. The van der Waals surface area contributed by atoms with Crippen LogP contribution in [0.3, 0.4) is 0 Å². The molecule has 0 fully saturated rings. The molecular formula is C22H17F5Si. The van der Waals surface area contributed by atoms with Crippen LogP contribution in [-0.4, -0.2) is 8.07 Å². The van der Waals surface area contributed by atoms with Gasteiger partial charge >= 0.3 is 0 Å². The van der Waals surface area contributed by atoms with Gasteiger partial charge in [-0.25, -0.2) is 22.0 Å². The van der Waals surface area contributed by atoms with E-state index in [1.54, 1.807) is 18.2 Å². The van der Waals surface area contributed by atoms with E-state index in [-0.39, 0.29) is 5.57 Å². The van der Waals surface area contributed by atoms with Crippen molar-refractivity contribution in [2.75, 3.05) is 0 Å². The van der Waals surface area contributed by atoms with Crippen molar-refractivity contribution in [3.8, 4) is 0 Å². The highest BCUT2D eigenvalue weighted by molar-refractivity contribution is 6.87. The summed E-state index contributed by atoms with van der Waals surface area (Å²) in [5.74, 6) is -9.50. The second-order valence-electron chi connectivity index (χ2n) is 7.65. The maximum Gasteiger partial charge on any atom is 0.200 e. The fraction of sp³-hybridized carbons (Fsp3) is 0.182. The van der Waals surface area contributed by atoms with Crippen molar-refractivity contribution in [1.29, 1.82) is 0 Å². The third kappa shape index (κ3) is 2.62. The minimum Gasteiger partial charge on any atom is -0.203 e. The lowest BCUT2D eigenvalue weighted by Crippen LogP contribution is -2.37. The van der Waals surface area contributed by atoms with Crippen LogP contribution in [0, 0.1) is 29.1 Å². The maximum absolute atomic E-state index is 14.6. The lowest BCUT2D eigenvalue weighted by Gasteiger charge is -2.34. The molecule has 0 radical (unpaired) electrons. The van der Waals surface area contributed by atoms with E-state index >= 15 is 0 Å². The van der Waals surface area contributed by atoms with E-state index in [9.17, 15) is 22.0 Å². The number of allylic oxidation sites excluding steroid dienone is 5. The van der Waals surface area contributed by atoms with Gasteiger partial charge in [-0.15, -0.1) is 0 Å². The highest BCUT2D eigenvalue weighted by Gasteiger charge is 2.44. The average molecular weight is 404 g/mol. The highest BCUT2D eigenvalue weighted by atomic mass is 28.3. The zero-order chi connectivity index (χ0) is 20.2. The van der Waals surface area contributed by atoms with Crippen LogP contribution in [0.15, 0.2) is 47.7 Å². The normalized spacial score (nSPS) is 18.3. The topological polar surface area (TPSA) is 0 Å². The molecule has 0 aromatic heterocycles. The van der Waals surface area contributed by atoms with Gasteiger partial charge in [0.15, 0.2) is 23.3 Å². The number of halogens is 5. The number of fused-ring (bicyclic) bond motifs is 1. The molecular weight excluding hydrogens is 387 g/mol. The molecule has 4 rings (SSSR count). The van der Waals surface area contributed by atoms with Crippen LogP contribution in [0.25, 0.3) is 11.6 Å². The van der Waals surface area contributed by atoms with Crippen molar-refractivity contribution in [1.82, 2.24) is 0 Å². The fourth-order valence-corrected chi connectivity index (χ4v) is 7.87. The molecule has 0 bridgehead atoms. The van der Waals surface area contributed by atoms with E-state index in [2.05, 4.69) is 13.1 Å². The smallest absolute Gasteiger partial charge is 0.200 e. The minimum atomic E-state index is -2.37. The highest BCUT2D eigenvalue weighted by Crippen LogP contribution is 2.51. The van der Waals surface area contributed by atoms with Crippen molar-refractivity contribution in [2.24, 2.45) is 0 Å². The predicted molar refractivity (Wildman–Crippen MR) is 103 cm³/mol. The lowest BCUT2D eigenvalue weighted by atomic mass is 10.0. The summed E-state index contributed by atoms with van der Waals surface area (Å²) in [5, 5.41) is 1.17. The molecule has 2 aliphatic rings. The molecule has 0 heterocycles. The largest absolute Gasteiger partial charge is 0.203 e. The summed E-state index contributed by atoms with van der Waals surface area (Å²) in [6.07, 6.45) is 8.25. The Morgan fingerprint density at radius 3 is 2.07 bits per heavy atom. The molecule has 0 N–H and O–H groups in total. The standard InChI is InChI=1S/C22H17F5Si/c1-28(2,13-8-4-5-9-13)22-14-10-6-3-7-12(14)11-15(22)16-17(23)19(25)21(27)20(26)18(16)24/h3-8,10-11,22H,9H2,1-2H3. The van der Waals surface area contributed by atoms with Gasteiger partial charge in [-0.2, -0.15) is 0 Å². The molecule has 2 aliphatic carbocycles. The summed E-state index contributed by atoms with van der Waals surface area (Å²) in [6, 6.07) is 7.28. The van der Waals surface area contributed by atoms with Crippen LogP contribution in [0.4, 0.5) is 22.0 Å². The zero-order valence-electron chi connectivity index (χ0n) is 15.3. The van der Waals surface area contributed by atoms with Crippen LogP contribution >= 0.6 is 0 Å². The summed E-state index contributed by atoms with van der Waals surface area (Å²) in [4.78, 5) is 0. The Kier molecular flexibility index (Phi) is 4.41. The van der Waals surface area contributed by atoms with Crippen LogP contribution in [0.1, 0.15) is 28.7 Å². The van der Waals surface area contributed by atoms with Gasteiger partial charge in [-0.1, -0.05) is 66.9 Å². The molecule has 2 aromatic carbocycles. The van der Waals surface area contributed by atoms with E-state index < -0.39 is 48.3 Å². The molecule has 144 valence electrons. The molecule has 1 unspecified atom stereocenters. The van der Waals surface area contributed by atoms with E-state index in [0.717, 1.165) is 17.5 Å². The van der Waals surface area contributed by atoms with E-state index in [1.807, 2.05) is 30.4 Å². The molecule has 1 atom stereocenters. The van der Waals surface area contributed by atoms with Gasteiger partial charge in [0.2, 0.25) is 5.82 Å². The summed E-state index contributed by atoms with van der Waals surface area (Å²) in [5.41, 5.74) is 0.552. The van der Waals surface area contributed by atoms with Crippen LogP contribution in [-0.2, 0) is 0 Å². The first kappa shape index (κ1) is 18.9. The number of rotatable bonds is 3. The van der Waals surface area contributed by atoms with Crippen LogP contribution in [0.5, 0.6) is 0 Å². The Labute approximate surface area is 160 Å². The van der Waals surface area contributed by atoms with Crippen molar-refractivity contribution in [3.63, 3.8) is 0 Å². The number of hydrogen-bond acceptors (Lipinski definition) is 0. The molecule has 0 nitrogen and oxygen atoms in total. The van der Waals surface area contributed by atoms with Gasteiger partial charge in [0.05, 0.1) is 13.6 Å². The van der Waals surface area contributed by atoms with Crippen LogP contribution in [0.2, 0.25) is 13.1 Å². The third-order valence-corrected chi connectivity index (χ3v) is 9.84. The summed E-state index contributed by atoms with van der Waals surface area (Å²) >= 11 is 0. The van der Waals surface area contributed by atoms with Gasteiger partial charge in [0.1, 0.15) is 0 Å². The van der Waals surface area contributed by atoms with Gasteiger partial charge in [0.25, 0.3) is 0 Å². The monoisotopic (exact) mass is 404 g/mol. The van der Waals surface area contributed by atoms with Crippen molar-refractivity contribution >= 4 is 19.7 Å². The molecule has 2 aromatic rings. The number of benzene rings is 2. The first-order chi connectivity index (χ1) is 13.2. The molecule has 0 amide bonds. The molecule has 0 aliphatic heterocycles. The van der Waals surface area contributed by atoms with Crippen molar-refractivity contribution < 1.29 is 22.0 Å². The molecule has 6 heteroatoms. The van der Waals surface area contributed by atoms with Gasteiger partial charge in [-0.3, -0.25) is 0 Å². The Hall–Kier alpha value is -2.47. The van der Waals surface area contributed by atoms with Gasteiger partial charge in [0, 0.05) is 5.54 Å². The first-order valence-corrected chi connectivity index (χ1v) is 12.0. The second kappa shape index (κ2) is 6.55. The second-order valence-corrected chi connectivity index (χ2v) is 12.3. The van der Waals surface area contributed by atoms with Gasteiger partial charge in [-0.05, 0) is 23.1 Å². The van der Waals surface area contributed by atoms with Crippen molar-refractivity contribution in [2.45, 2.75) is 25.1 Å². The Bertz CT molecular complexity index is 1050. The maximum atomic E-state index is 14.6. The van der Waals surface area contributed by atoms with Crippen molar-refractivity contribution in [3.05, 3.63) is 93.5 Å². The van der Waals surface area contributed by atoms with E-state index in [0.29, 0.717) is 0 Å². The predicted octanol–water partition coefficient (Wildman–Crippen LogP) is 6.69. The Morgan fingerprint density at radius 1 is 0.857 bits per heavy atom. The fourth-order valence-electron chi connectivity index (χ4n) is 4.29. The SMILES string of the molecule is C[Si](C)(C1=CC=CC1)C1C(c2c(F)c(F)c(F)c(F)c2F)=Cc2ccccc21. The van der Waals surface area contributed by atoms with E-state index in [4.69, 9.17) is 0 Å². The van der Waals surface area contributed by atoms with Gasteiger partial charge < -0.3 is 0 Å². The zero-order valence-corrected chi connectivity index (χ0v) is 16.3. The van der Waals surface area contributed by atoms with E-state index in [1.165, 1.54) is 5.20 Å². The summed E-state index contributed by atoms with van der Waals surface area (Å²) in [6.45, 7) is 4.14. The molecule has 0 spiro atoms. The molecule has 28 heavy (non-hydrogen) atoms. The third-order valence-electron chi connectivity index (χ3n) is 5.75. The van der Waals surface area contributed by atoms with Crippen LogP contribution < -0.4 is 0 Å². The average Bonchev–Trinajstić information content (AvgIpc) is 3.33.